The summed E-state index contributed by atoms with van der Waals surface area (Å²) in [7, 11) is 0. The topological polar surface area (TPSA) is 64.6 Å². The van der Waals surface area contributed by atoms with Crippen LogP contribution in [0.2, 0.25) is 0 Å². The molecule has 0 aliphatic heterocycles. The van der Waals surface area contributed by atoms with E-state index in [1.54, 1.807) is 36.4 Å². The smallest absolute Gasteiger partial charge is 0.342 e. The quantitative estimate of drug-likeness (QED) is 0.733. The number of benzene rings is 2. The standard InChI is InChI=1S/C20H22FNO4/c1-3-12-22-19(23)14(2)26-20(24)17-6-4-5-7-18(17)25-13-15-8-10-16(21)11-9-15/h4-11,14H,3,12-13H2,1-2H3,(H,22,23). The second kappa shape index (κ2) is 9.56. The van der Waals surface area contributed by atoms with E-state index in [-0.39, 0.29) is 23.9 Å². The minimum atomic E-state index is -0.904. The average Bonchev–Trinajstić information content (AvgIpc) is 2.65. The highest BCUT2D eigenvalue weighted by atomic mass is 19.1. The highest BCUT2D eigenvalue weighted by Gasteiger charge is 2.21. The van der Waals surface area contributed by atoms with Crippen molar-refractivity contribution in [3.8, 4) is 5.75 Å². The Kier molecular flexibility index (Phi) is 7.14. The molecule has 2 aromatic carbocycles. The van der Waals surface area contributed by atoms with Gasteiger partial charge in [0.1, 0.15) is 23.7 Å². The van der Waals surface area contributed by atoms with Gasteiger partial charge in [0.05, 0.1) is 0 Å². The molecule has 6 heteroatoms. The van der Waals surface area contributed by atoms with Gasteiger partial charge in [-0.3, -0.25) is 4.79 Å². The zero-order valence-electron chi connectivity index (χ0n) is 14.8. The van der Waals surface area contributed by atoms with Crippen LogP contribution in [0.15, 0.2) is 48.5 Å². The molecule has 0 fully saturated rings. The van der Waals surface area contributed by atoms with Crippen LogP contribution < -0.4 is 10.1 Å². The monoisotopic (exact) mass is 359 g/mol. The molecule has 138 valence electrons. The maximum absolute atomic E-state index is 12.9. The molecule has 1 atom stereocenters. The number of para-hydroxylation sites is 1. The lowest BCUT2D eigenvalue weighted by atomic mass is 10.2. The predicted octanol–water partition coefficient (Wildman–Crippen LogP) is 3.48. The molecule has 0 bridgehead atoms. The van der Waals surface area contributed by atoms with Crippen molar-refractivity contribution in [3.63, 3.8) is 0 Å². The van der Waals surface area contributed by atoms with Gasteiger partial charge in [-0.25, -0.2) is 9.18 Å². The molecule has 0 aromatic heterocycles. The van der Waals surface area contributed by atoms with Crippen LogP contribution in [0.5, 0.6) is 5.75 Å². The molecule has 1 unspecified atom stereocenters. The van der Waals surface area contributed by atoms with Crippen LogP contribution in [0.25, 0.3) is 0 Å². The largest absolute Gasteiger partial charge is 0.488 e. The molecule has 0 saturated heterocycles. The number of hydrogen-bond donors (Lipinski definition) is 1. The van der Waals surface area contributed by atoms with E-state index >= 15 is 0 Å². The van der Waals surface area contributed by atoms with Gasteiger partial charge in [-0.15, -0.1) is 0 Å². The van der Waals surface area contributed by atoms with Crippen LogP contribution >= 0.6 is 0 Å². The van der Waals surface area contributed by atoms with E-state index in [4.69, 9.17) is 9.47 Å². The van der Waals surface area contributed by atoms with E-state index in [1.807, 2.05) is 6.92 Å². The molecule has 2 rings (SSSR count). The Morgan fingerprint density at radius 3 is 2.50 bits per heavy atom. The van der Waals surface area contributed by atoms with Gasteiger partial charge in [-0.05, 0) is 43.2 Å². The summed E-state index contributed by atoms with van der Waals surface area (Å²) in [5.74, 6) is -0.972. The van der Waals surface area contributed by atoms with Gasteiger partial charge in [0.25, 0.3) is 5.91 Å². The van der Waals surface area contributed by atoms with Crippen molar-refractivity contribution in [2.75, 3.05) is 6.54 Å². The first-order chi connectivity index (χ1) is 12.5. The van der Waals surface area contributed by atoms with Crippen LogP contribution in [-0.2, 0) is 16.1 Å². The predicted molar refractivity (Wildman–Crippen MR) is 95.4 cm³/mol. The molecule has 1 N–H and O–H groups in total. The van der Waals surface area contributed by atoms with Crippen molar-refractivity contribution in [3.05, 3.63) is 65.5 Å². The number of amides is 1. The minimum absolute atomic E-state index is 0.178. The van der Waals surface area contributed by atoms with Crippen molar-refractivity contribution < 1.29 is 23.5 Å². The zero-order valence-corrected chi connectivity index (χ0v) is 14.8. The third-order valence-electron chi connectivity index (χ3n) is 3.62. The third-order valence-corrected chi connectivity index (χ3v) is 3.62. The van der Waals surface area contributed by atoms with Crippen LogP contribution in [0.4, 0.5) is 4.39 Å². The van der Waals surface area contributed by atoms with Crippen molar-refractivity contribution >= 4 is 11.9 Å². The summed E-state index contributed by atoms with van der Waals surface area (Å²) in [6.07, 6.45) is -0.105. The van der Waals surface area contributed by atoms with Crippen molar-refractivity contribution in [2.24, 2.45) is 0 Å². The lowest BCUT2D eigenvalue weighted by molar-refractivity contribution is -0.129. The molecule has 0 aliphatic carbocycles. The molecule has 0 spiro atoms. The Balaban J connectivity index is 2.01. The lowest BCUT2D eigenvalue weighted by Gasteiger charge is -2.15. The Morgan fingerprint density at radius 2 is 1.81 bits per heavy atom. The van der Waals surface area contributed by atoms with Gasteiger partial charge >= 0.3 is 5.97 Å². The van der Waals surface area contributed by atoms with E-state index < -0.39 is 12.1 Å². The van der Waals surface area contributed by atoms with E-state index in [0.717, 1.165) is 12.0 Å². The van der Waals surface area contributed by atoms with Gasteiger partial charge in [0, 0.05) is 6.54 Å². The molecule has 2 aromatic rings. The van der Waals surface area contributed by atoms with Crippen molar-refractivity contribution in [2.45, 2.75) is 33.0 Å². The summed E-state index contributed by atoms with van der Waals surface area (Å²) in [6, 6.07) is 12.5. The number of ether oxygens (including phenoxy) is 2. The van der Waals surface area contributed by atoms with Crippen LogP contribution in [0.1, 0.15) is 36.2 Å². The van der Waals surface area contributed by atoms with E-state index in [2.05, 4.69) is 5.32 Å². The second-order valence-electron chi connectivity index (χ2n) is 5.75. The maximum atomic E-state index is 12.9. The normalized spacial score (nSPS) is 11.5. The third kappa shape index (κ3) is 5.58. The fourth-order valence-corrected chi connectivity index (χ4v) is 2.17. The molecular weight excluding hydrogens is 337 g/mol. The second-order valence-corrected chi connectivity index (χ2v) is 5.75. The van der Waals surface area contributed by atoms with Gasteiger partial charge in [-0.1, -0.05) is 31.2 Å². The number of rotatable bonds is 8. The van der Waals surface area contributed by atoms with Gasteiger partial charge in [0.15, 0.2) is 6.10 Å². The van der Waals surface area contributed by atoms with Gasteiger partial charge < -0.3 is 14.8 Å². The maximum Gasteiger partial charge on any atom is 0.342 e. The zero-order chi connectivity index (χ0) is 18.9. The highest BCUT2D eigenvalue weighted by molar-refractivity contribution is 5.94. The molecule has 0 radical (unpaired) electrons. The van der Waals surface area contributed by atoms with E-state index in [0.29, 0.717) is 12.3 Å². The molecule has 0 heterocycles. The average molecular weight is 359 g/mol. The number of nitrogens with one attached hydrogen (secondary N) is 1. The summed E-state index contributed by atoms with van der Waals surface area (Å²) in [6.45, 7) is 4.16. The number of carbonyl (C=O) groups excluding carboxylic acids is 2. The number of hydrogen-bond acceptors (Lipinski definition) is 4. The first-order valence-corrected chi connectivity index (χ1v) is 8.46. The van der Waals surface area contributed by atoms with Gasteiger partial charge in [0.2, 0.25) is 0 Å². The molecule has 0 saturated carbocycles. The summed E-state index contributed by atoms with van der Waals surface area (Å²) < 4.78 is 23.8. The summed E-state index contributed by atoms with van der Waals surface area (Å²) >= 11 is 0. The lowest BCUT2D eigenvalue weighted by Crippen LogP contribution is -2.36. The minimum Gasteiger partial charge on any atom is -0.488 e. The number of esters is 1. The molecule has 26 heavy (non-hydrogen) atoms. The number of halogens is 1. The highest BCUT2D eigenvalue weighted by Crippen LogP contribution is 2.21. The fourth-order valence-electron chi connectivity index (χ4n) is 2.17. The van der Waals surface area contributed by atoms with Gasteiger partial charge in [-0.2, -0.15) is 0 Å². The first-order valence-electron chi connectivity index (χ1n) is 8.46. The summed E-state index contributed by atoms with van der Waals surface area (Å²) in [5.41, 5.74) is 0.992. The first kappa shape index (κ1) is 19.4. The van der Waals surface area contributed by atoms with Crippen molar-refractivity contribution in [1.82, 2.24) is 5.32 Å². The fraction of sp³-hybridized carbons (Fsp3) is 0.300. The van der Waals surface area contributed by atoms with Crippen molar-refractivity contribution in [1.29, 1.82) is 0 Å². The Hall–Kier alpha value is -2.89. The Labute approximate surface area is 152 Å². The van der Waals surface area contributed by atoms with Crippen LogP contribution in [0, 0.1) is 5.82 Å². The Bertz CT molecular complexity index is 746. The van der Waals surface area contributed by atoms with E-state index in [9.17, 15) is 14.0 Å². The molecule has 0 aliphatic rings. The molecule has 5 nitrogen and oxygen atoms in total. The Morgan fingerprint density at radius 1 is 1.12 bits per heavy atom. The molecular formula is C20H22FNO4. The molecule has 1 amide bonds. The summed E-state index contributed by atoms with van der Waals surface area (Å²) in [5, 5.41) is 2.68. The van der Waals surface area contributed by atoms with Crippen LogP contribution in [0.3, 0.4) is 0 Å². The summed E-state index contributed by atoms with van der Waals surface area (Å²) in [4.78, 5) is 24.2. The SMILES string of the molecule is CCCNC(=O)C(C)OC(=O)c1ccccc1OCc1ccc(F)cc1. The number of carbonyl (C=O) groups is 2. The van der Waals surface area contributed by atoms with Crippen LogP contribution in [-0.4, -0.2) is 24.5 Å². The van der Waals surface area contributed by atoms with E-state index in [1.165, 1.54) is 19.1 Å².